The number of carbonyl (C=O) groups excluding carboxylic acids is 1. The molecule has 4 rings (SSSR count). The molecule has 0 saturated heterocycles. The second kappa shape index (κ2) is 8.69. The third-order valence-electron chi connectivity index (χ3n) is 5.28. The number of fused-ring (bicyclic) bond motifs is 1. The van der Waals surface area contributed by atoms with Crippen LogP contribution in [0.5, 0.6) is 5.75 Å². The Kier molecular flexibility index (Phi) is 6.01. The lowest BCUT2D eigenvalue weighted by Gasteiger charge is -2.30. The first-order valence-corrected chi connectivity index (χ1v) is 10.6. The molecule has 0 aliphatic heterocycles. The molecule has 0 unspecified atom stereocenters. The molecule has 0 aliphatic rings. The molecule has 12 heteroatoms. The largest absolute Gasteiger partial charge is 0.573 e. The summed E-state index contributed by atoms with van der Waals surface area (Å²) in [5, 5.41) is 17.6. The maximum atomic E-state index is 13.2. The van der Waals surface area contributed by atoms with Gasteiger partial charge in [-0.05, 0) is 51.5 Å². The van der Waals surface area contributed by atoms with Crippen molar-refractivity contribution in [3.8, 4) is 11.6 Å². The Labute approximate surface area is 198 Å². The van der Waals surface area contributed by atoms with Gasteiger partial charge in [-0.15, -0.1) is 13.2 Å². The van der Waals surface area contributed by atoms with Crippen molar-refractivity contribution in [2.75, 3.05) is 0 Å². The molecule has 0 bridgehead atoms. The molecule has 184 valence electrons. The fourth-order valence-corrected chi connectivity index (χ4v) is 3.74. The summed E-state index contributed by atoms with van der Waals surface area (Å²) in [4.78, 5) is 22.1. The quantitative estimate of drug-likeness (QED) is 0.429. The SMILES string of the molecule is Cc1cn(-c2ccn3ncc(C(=O)N[C@@H](c4ccc(OC(F)(F)F)cc4)C(C)(C)O)c3n2)c(C)n1. The van der Waals surface area contributed by atoms with Gasteiger partial charge in [0.1, 0.15) is 23.0 Å². The minimum atomic E-state index is -4.82. The number of carbonyl (C=O) groups is 1. The van der Waals surface area contributed by atoms with Gasteiger partial charge in [0.2, 0.25) is 0 Å². The van der Waals surface area contributed by atoms with Gasteiger partial charge in [-0.2, -0.15) is 5.10 Å². The van der Waals surface area contributed by atoms with E-state index in [2.05, 4.69) is 25.1 Å². The van der Waals surface area contributed by atoms with Gasteiger partial charge in [0.15, 0.2) is 5.65 Å². The van der Waals surface area contributed by atoms with E-state index in [-0.39, 0.29) is 11.2 Å². The highest BCUT2D eigenvalue weighted by atomic mass is 19.4. The zero-order chi connectivity index (χ0) is 25.5. The summed E-state index contributed by atoms with van der Waals surface area (Å²) in [7, 11) is 0. The van der Waals surface area contributed by atoms with Gasteiger partial charge in [-0.25, -0.2) is 14.5 Å². The van der Waals surface area contributed by atoms with Crippen LogP contribution >= 0.6 is 0 Å². The van der Waals surface area contributed by atoms with Gasteiger partial charge in [0, 0.05) is 12.4 Å². The van der Waals surface area contributed by atoms with Crippen molar-refractivity contribution in [1.29, 1.82) is 0 Å². The smallest absolute Gasteiger partial charge is 0.406 e. The van der Waals surface area contributed by atoms with Crippen LogP contribution in [0.2, 0.25) is 0 Å². The van der Waals surface area contributed by atoms with Crippen molar-refractivity contribution < 1.29 is 27.8 Å². The Balaban J connectivity index is 1.64. The molecular weight excluding hydrogens is 465 g/mol. The second-order valence-corrected chi connectivity index (χ2v) is 8.59. The van der Waals surface area contributed by atoms with Gasteiger partial charge >= 0.3 is 6.36 Å². The van der Waals surface area contributed by atoms with E-state index in [0.29, 0.717) is 11.4 Å². The summed E-state index contributed by atoms with van der Waals surface area (Å²) in [6, 6.07) is 5.71. The number of ether oxygens (including phenoxy) is 1. The molecule has 0 spiro atoms. The van der Waals surface area contributed by atoms with E-state index < -0.39 is 29.7 Å². The number of benzene rings is 1. The minimum Gasteiger partial charge on any atom is -0.406 e. The molecule has 0 aliphatic carbocycles. The van der Waals surface area contributed by atoms with Gasteiger partial charge in [0.05, 0.1) is 23.5 Å². The van der Waals surface area contributed by atoms with E-state index in [1.807, 2.05) is 20.0 Å². The number of hydrogen-bond acceptors (Lipinski definition) is 6. The van der Waals surface area contributed by atoms with Gasteiger partial charge < -0.3 is 15.2 Å². The monoisotopic (exact) mass is 488 g/mol. The highest BCUT2D eigenvalue weighted by Crippen LogP contribution is 2.29. The number of rotatable bonds is 6. The number of imidazole rings is 1. The Bertz CT molecular complexity index is 1370. The highest BCUT2D eigenvalue weighted by molar-refractivity contribution is 6.00. The molecule has 0 saturated carbocycles. The normalized spacial score (nSPS) is 13.1. The summed E-state index contributed by atoms with van der Waals surface area (Å²) in [6.45, 7) is 6.66. The summed E-state index contributed by atoms with van der Waals surface area (Å²) in [5.41, 5.74) is 0.196. The minimum absolute atomic E-state index is 0.160. The Morgan fingerprint density at radius 2 is 1.80 bits per heavy atom. The average molecular weight is 488 g/mol. The van der Waals surface area contributed by atoms with Gasteiger partial charge in [0.25, 0.3) is 5.91 Å². The average Bonchev–Trinajstić information content (AvgIpc) is 3.32. The molecule has 1 amide bonds. The standard InChI is InChI=1S/C23H23F3N6O3/c1-13-12-31(14(2)28-13)18-9-10-32-20(29-18)17(11-27-32)21(33)30-19(22(3,4)34)15-5-7-16(8-6-15)35-23(24,25)26/h5-12,19,34H,1-4H3,(H,30,33)/t19-/m0/s1. The van der Waals surface area contributed by atoms with Crippen LogP contribution in [0.1, 0.15) is 47.3 Å². The van der Waals surface area contributed by atoms with Crippen LogP contribution in [0.25, 0.3) is 11.5 Å². The van der Waals surface area contributed by atoms with E-state index in [1.165, 1.54) is 36.7 Å². The number of aryl methyl sites for hydroxylation is 2. The van der Waals surface area contributed by atoms with Crippen molar-refractivity contribution in [1.82, 2.24) is 29.5 Å². The lowest BCUT2D eigenvalue weighted by atomic mass is 9.91. The van der Waals surface area contributed by atoms with Gasteiger partial charge in [-0.3, -0.25) is 9.36 Å². The summed E-state index contributed by atoms with van der Waals surface area (Å²) in [6.07, 6.45) is 0.0146. The molecule has 0 fully saturated rings. The Morgan fingerprint density at radius 1 is 1.11 bits per heavy atom. The number of aromatic nitrogens is 5. The van der Waals surface area contributed by atoms with Gasteiger partial charge in [-0.1, -0.05) is 12.1 Å². The molecule has 2 N–H and O–H groups in total. The molecule has 9 nitrogen and oxygen atoms in total. The first-order chi connectivity index (χ1) is 16.3. The van der Waals surface area contributed by atoms with Crippen molar-refractivity contribution in [3.05, 3.63) is 71.6 Å². The Hall–Kier alpha value is -3.93. The number of nitrogens with one attached hydrogen (secondary N) is 1. The fraction of sp³-hybridized carbons (Fsp3) is 0.304. The van der Waals surface area contributed by atoms with E-state index >= 15 is 0 Å². The fourth-order valence-electron chi connectivity index (χ4n) is 3.74. The Morgan fingerprint density at radius 3 is 2.37 bits per heavy atom. The summed E-state index contributed by atoms with van der Waals surface area (Å²) < 4.78 is 44.5. The van der Waals surface area contributed by atoms with E-state index in [1.54, 1.807) is 16.8 Å². The molecule has 35 heavy (non-hydrogen) atoms. The molecule has 0 radical (unpaired) electrons. The summed E-state index contributed by atoms with van der Waals surface area (Å²) >= 11 is 0. The highest BCUT2D eigenvalue weighted by Gasteiger charge is 2.33. The predicted octanol–water partition coefficient (Wildman–Crippen LogP) is 3.67. The number of hydrogen-bond donors (Lipinski definition) is 2. The third-order valence-corrected chi connectivity index (χ3v) is 5.28. The lowest BCUT2D eigenvalue weighted by molar-refractivity contribution is -0.274. The maximum absolute atomic E-state index is 13.2. The summed E-state index contributed by atoms with van der Waals surface area (Å²) in [5.74, 6) is 0.298. The number of aliphatic hydroxyl groups is 1. The van der Waals surface area contributed by atoms with Crippen LogP contribution in [-0.2, 0) is 0 Å². The maximum Gasteiger partial charge on any atom is 0.573 e. The lowest BCUT2D eigenvalue weighted by Crippen LogP contribution is -2.42. The topological polar surface area (TPSA) is 107 Å². The third kappa shape index (κ3) is 5.27. The predicted molar refractivity (Wildman–Crippen MR) is 119 cm³/mol. The van der Waals surface area contributed by atoms with Crippen LogP contribution in [0.15, 0.2) is 48.9 Å². The second-order valence-electron chi connectivity index (χ2n) is 8.59. The molecule has 1 atom stereocenters. The van der Waals surface area contributed by atoms with E-state index in [4.69, 9.17) is 0 Å². The van der Waals surface area contributed by atoms with E-state index in [9.17, 15) is 23.1 Å². The van der Waals surface area contributed by atoms with Crippen molar-refractivity contribution >= 4 is 11.6 Å². The molecule has 3 aromatic heterocycles. The van der Waals surface area contributed by atoms with Crippen LogP contribution < -0.4 is 10.1 Å². The molecule has 3 heterocycles. The number of alkyl halides is 3. The molecular formula is C23H23F3N6O3. The molecule has 4 aromatic rings. The van der Waals surface area contributed by atoms with Crippen molar-refractivity contribution in [2.45, 2.75) is 45.7 Å². The zero-order valence-electron chi connectivity index (χ0n) is 19.3. The van der Waals surface area contributed by atoms with Crippen LogP contribution in [0.3, 0.4) is 0 Å². The zero-order valence-corrected chi connectivity index (χ0v) is 19.3. The molecule has 1 aromatic carbocycles. The number of nitrogens with zero attached hydrogens (tertiary/aromatic N) is 5. The first-order valence-electron chi connectivity index (χ1n) is 10.6. The van der Waals surface area contributed by atoms with Crippen LogP contribution in [0, 0.1) is 13.8 Å². The van der Waals surface area contributed by atoms with Crippen molar-refractivity contribution in [2.24, 2.45) is 0 Å². The number of amides is 1. The van der Waals surface area contributed by atoms with Crippen molar-refractivity contribution in [3.63, 3.8) is 0 Å². The van der Waals surface area contributed by atoms with Crippen LogP contribution in [0.4, 0.5) is 13.2 Å². The van der Waals surface area contributed by atoms with E-state index in [0.717, 1.165) is 23.7 Å². The van der Waals surface area contributed by atoms with Crippen LogP contribution in [-0.4, -0.2) is 47.1 Å². The first kappa shape index (κ1) is 24.2. The number of halogens is 3.